The molecule has 0 unspecified atom stereocenters. The number of rotatable bonds is 9. The number of carboxylic acids is 1. The normalized spacial score (nSPS) is 15.5. The number of sulfonamides is 2. The first-order chi connectivity index (χ1) is 17.5. The fourth-order valence-corrected chi connectivity index (χ4v) is 5.51. The molecule has 0 spiro atoms. The molecule has 39 heavy (non-hydrogen) atoms. The maximum atomic E-state index is 15.2. The summed E-state index contributed by atoms with van der Waals surface area (Å²) in [7, 11) is -12.4. The van der Waals surface area contributed by atoms with Crippen molar-refractivity contribution in [1.29, 1.82) is 0 Å². The number of carboxylic acid groups (broad SMARTS) is 1. The first kappa shape index (κ1) is 30.6. The summed E-state index contributed by atoms with van der Waals surface area (Å²) in [5.74, 6) is -3.35. The van der Waals surface area contributed by atoms with E-state index in [0.717, 1.165) is 24.8 Å². The van der Waals surface area contributed by atoms with Crippen LogP contribution in [0.2, 0.25) is 0 Å². The SMILES string of the molecule is CC(C)(CNS(=O)(=O)C(F)(F)F)CN(c1cc2c(cc1F)c(=O)c(C(=O)O)cn2C1CC1)S(=O)(=O)C(F)(F)F. The minimum Gasteiger partial charge on any atom is -0.477 e. The number of carbonyl (C=O) groups is 1. The number of hydrogen-bond acceptors (Lipinski definition) is 6. The molecule has 2 N–H and O–H groups in total. The van der Waals surface area contributed by atoms with Gasteiger partial charge in [0.05, 0.1) is 11.2 Å². The summed E-state index contributed by atoms with van der Waals surface area (Å²) in [6.07, 6.45) is 1.81. The second kappa shape index (κ2) is 9.61. The molecule has 0 radical (unpaired) electrons. The maximum absolute atomic E-state index is 15.2. The van der Waals surface area contributed by atoms with Gasteiger partial charge in [0.25, 0.3) is 0 Å². The molecule has 1 aliphatic carbocycles. The fourth-order valence-electron chi connectivity index (χ4n) is 3.60. The Balaban J connectivity index is 2.21. The van der Waals surface area contributed by atoms with Crippen LogP contribution in [0.3, 0.4) is 0 Å². The van der Waals surface area contributed by atoms with Crippen LogP contribution in [0.25, 0.3) is 10.9 Å². The lowest BCUT2D eigenvalue weighted by Gasteiger charge is -2.34. The van der Waals surface area contributed by atoms with Crippen molar-refractivity contribution >= 4 is 42.6 Å². The van der Waals surface area contributed by atoms with Crippen molar-refractivity contribution < 1.29 is 57.5 Å². The van der Waals surface area contributed by atoms with Crippen LogP contribution >= 0.6 is 0 Å². The van der Waals surface area contributed by atoms with Crippen molar-refractivity contribution in [2.45, 2.75) is 43.7 Å². The Morgan fingerprint density at radius 3 is 2.10 bits per heavy atom. The quantitative estimate of drug-likeness (QED) is 0.415. The Kier molecular flexibility index (Phi) is 7.55. The van der Waals surface area contributed by atoms with Crippen LogP contribution in [0, 0.1) is 11.2 Å². The van der Waals surface area contributed by atoms with Crippen LogP contribution in [0.4, 0.5) is 36.4 Å². The van der Waals surface area contributed by atoms with Gasteiger partial charge in [0.15, 0.2) is 0 Å². The molecular weight excluding hydrogens is 591 g/mol. The molecule has 0 atom stereocenters. The van der Waals surface area contributed by atoms with Gasteiger partial charge in [-0.25, -0.2) is 22.3 Å². The highest BCUT2D eigenvalue weighted by atomic mass is 32.2. The number of nitrogens with zero attached hydrogens (tertiary/aromatic N) is 2. The third-order valence-corrected chi connectivity index (χ3v) is 8.36. The number of benzene rings is 1. The zero-order chi connectivity index (χ0) is 29.9. The van der Waals surface area contributed by atoms with Crippen LogP contribution in [-0.2, 0) is 20.0 Å². The van der Waals surface area contributed by atoms with Crippen LogP contribution < -0.4 is 14.5 Å². The standard InChI is InChI=1S/C20H20F7N3O7S2/c1-18(2,8-28-38(34,35)19(22,23)24)9-30(39(36,37)20(25,26)27)15-6-14-11(5-13(15)21)16(31)12(17(32)33)7-29(14)10-3-4-10/h5-7,10,28H,3-4,8-9H2,1-2H3,(H,32,33). The first-order valence-corrected chi connectivity index (χ1v) is 13.7. The summed E-state index contributed by atoms with van der Waals surface area (Å²) in [5, 5.41) is 8.74. The van der Waals surface area contributed by atoms with Crippen molar-refractivity contribution in [2.75, 3.05) is 17.4 Å². The highest BCUT2D eigenvalue weighted by molar-refractivity contribution is 7.93. The van der Waals surface area contributed by atoms with E-state index in [1.54, 1.807) is 0 Å². The Morgan fingerprint density at radius 1 is 1.08 bits per heavy atom. The van der Waals surface area contributed by atoms with E-state index in [2.05, 4.69) is 0 Å². The van der Waals surface area contributed by atoms with Crippen LogP contribution in [0.5, 0.6) is 0 Å². The second-order valence-electron chi connectivity index (χ2n) is 9.53. The summed E-state index contributed by atoms with van der Waals surface area (Å²) in [5.41, 5.74) is -17.3. The number of nitrogens with one attached hydrogen (secondary N) is 1. The monoisotopic (exact) mass is 611 g/mol. The topological polar surface area (TPSA) is 143 Å². The van der Waals surface area contributed by atoms with E-state index >= 15 is 4.39 Å². The lowest BCUT2D eigenvalue weighted by atomic mass is 9.93. The molecule has 2 aromatic rings. The number of fused-ring (bicyclic) bond motifs is 1. The van der Waals surface area contributed by atoms with Crippen LogP contribution in [-0.4, -0.2) is 56.6 Å². The van der Waals surface area contributed by atoms with Crippen molar-refractivity contribution in [2.24, 2.45) is 5.41 Å². The maximum Gasteiger partial charge on any atom is 0.516 e. The number of alkyl halides is 6. The number of halogens is 7. The van der Waals surface area contributed by atoms with Gasteiger partial charge in [0.2, 0.25) is 5.43 Å². The van der Waals surface area contributed by atoms with E-state index in [1.165, 1.54) is 4.57 Å². The zero-order valence-corrected chi connectivity index (χ0v) is 21.5. The molecule has 1 fully saturated rings. The summed E-state index contributed by atoms with van der Waals surface area (Å²) in [6, 6.07) is 0.539. The molecule has 218 valence electrons. The third-order valence-electron chi connectivity index (χ3n) is 5.74. The molecular formula is C20H20F7N3O7S2. The number of hydrogen-bond donors (Lipinski definition) is 2. The minimum absolute atomic E-state index is 0.290. The summed E-state index contributed by atoms with van der Waals surface area (Å²) < 4.78 is 144. The van der Waals surface area contributed by atoms with Gasteiger partial charge in [-0.2, -0.15) is 34.8 Å². The second-order valence-corrected chi connectivity index (χ2v) is 13.1. The first-order valence-electron chi connectivity index (χ1n) is 10.8. The van der Waals surface area contributed by atoms with Gasteiger partial charge in [-0.1, -0.05) is 13.8 Å². The highest BCUT2D eigenvalue weighted by Crippen LogP contribution is 2.40. The van der Waals surface area contributed by atoms with Gasteiger partial charge in [-0.15, -0.1) is 0 Å². The van der Waals surface area contributed by atoms with E-state index in [0.29, 0.717) is 25.0 Å². The molecule has 0 amide bonds. The van der Waals surface area contributed by atoms with Gasteiger partial charge in [-0.05, 0) is 30.4 Å². The average Bonchev–Trinajstić information content (AvgIpc) is 3.60. The summed E-state index contributed by atoms with van der Waals surface area (Å²) in [6.45, 7) is -0.701. The molecule has 10 nitrogen and oxygen atoms in total. The molecule has 19 heteroatoms. The van der Waals surface area contributed by atoms with Crippen molar-refractivity contribution in [3.8, 4) is 0 Å². The summed E-state index contributed by atoms with van der Waals surface area (Å²) >= 11 is 0. The average molecular weight is 612 g/mol. The molecule has 0 aliphatic heterocycles. The van der Waals surface area contributed by atoms with Crippen molar-refractivity contribution in [3.63, 3.8) is 0 Å². The minimum atomic E-state index is -6.43. The van der Waals surface area contributed by atoms with Crippen molar-refractivity contribution in [1.82, 2.24) is 9.29 Å². The molecule has 1 aromatic heterocycles. The van der Waals surface area contributed by atoms with Gasteiger partial charge in [0.1, 0.15) is 11.4 Å². The molecule has 0 saturated heterocycles. The predicted molar refractivity (Wildman–Crippen MR) is 122 cm³/mol. The number of pyridine rings is 1. The highest BCUT2D eigenvalue weighted by Gasteiger charge is 2.52. The Morgan fingerprint density at radius 2 is 1.64 bits per heavy atom. The summed E-state index contributed by atoms with van der Waals surface area (Å²) in [4.78, 5) is 24.1. The lowest BCUT2D eigenvalue weighted by molar-refractivity contribution is -0.0450. The molecule has 1 aliphatic rings. The third kappa shape index (κ3) is 5.98. The molecule has 1 aromatic carbocycles. The molecule has 3 rings (SSSR count). The van der Waals surface area contributed by atoms with Gasteiger partial charge in [0, 0.05) is 30.7 Å². The molecule has 1 saturated carbocycles. The molecule has 0 bridgehead atoms. The Labute approximate surface area is 216 Å². The number of anilines is 1. The number of aromatic carboxylic acids is 1. The zero-order valence-electron chi connectivity index (χ0n) is 19.9. The van der Waals surface area contributed by atoms with Gasteiger partial charge < -0.3 is 9.67 Å². The smallest absolute Gasteiger partial charge is 0.477 e. The van der Waals surface area contributed by atoms with E-state index in [-0.39, 0.29) is 5.52 Å². The fraction of sp³-hybridized carbons (Fsp3) is 0.500. The van der Waals surface area contributed by atoms with Crippen LogP contribution in [0.15, 0.2) is 23.1 Å². The molecule has 1 heterocycles. The number of aromatic nitrogens is 1. The Hall–Kier alpha value is -2.93. The van der Waals surface area contributed by atoms with Gasteiger partial charge in [-0.3, -0.25) is 9.10 Å². The van der Waals surface area contributed by atoms with E-state index in [9.17, 15) is 57.9 Å². The van der Waals surface area contributed by atoms with Crippen molar-refractivity contribution in [3.05, 3.63) is 39.9 Å². The predicted octanol–water partition coefficient (Wildman–Crippen LogP) is 3.30. The van der Waals surface area contributed by atoms with Gasteiger partial charge >= 0.3 is 37.0 Å². The van der Waals surface area contributed by atoms with E-state index in [1.807, 2.05) is 0 Å². The Bertz CT molecular complexity index is 1590. The van der Waals surface area contributed by atoms with E-state index < -0.39 is 93.8 Å². The van der Waals surface area contributed by atoms with E-state index in [4.69, 9.17) is 0 Å². The lowest BCUT2D eigenvalue weighted by Crippen LogP contribution is -2.49. The largest absolute Gasteiger partial charge is 0.516 e. The van der Waals surface area contributed by atoms with Crippen LogP contribution in [0.1, 0.15) is 43.1 Å².